The second-order valence-electron chi connectivity index (χ2n) is 7.74. The van der Waals surface area contributed by atoms with Crippen LogP contribution in [0.5, 0.6) is 5.75 Å². The minimum Gasteiger partial charge on any atom is -0.483 e. The number of hydrogen-bond acceptors (Lipinski definition) is 4. The highest BCUT2D eigenvalue weighted by Gasteiger charge is 2.22. The van der Waals surface area contributed by atoms with E-state index in [1.165, 1.54) is 0 Å². The number of amides is 1. The van der Waals surface area contributed by atoms with Crippen LogP contribution >= 0.6 is 0 Å². The van der Waals surface area contributed by atoms with Crippen LogP contribution in [0, 0.1) is 5.92 Å². The highest BCUT2D eigenvalue weighted by Crippen LogP contribution is 2.29. The minimum absolute atomic E-state index is 0.0352. The molecule has 1 aliphatic heterocycles. The van der Waals surface area contributed by atoms with Crippen molar-refractivity contribution in [2.75, 3.05) is 25.4 Å². The number of piperidine rings is 1. The molecule has 2 heterocycles. The van der Waals surface area contributed by atoms with Crippen molar-refractivity contribution in [3.8, 4) is 16.9 Å². The predicted molar refractivity (Wildman–Crippen MR) is 124 cm³/mol. The highest BCUT2D eigenvalue weighted by atomic mass is 16.5. The molecule has 1 amide bonds. The van der Waals surface area contributed by atoms with Crippen LogP contribution in [-0.2, 0) is 4.79 Å². The molecule has 0 bridgehead atoms. The maximum Gasteiger partial charge on any atom is 0.260 e. The Morgan fingerprint density at radius 2 is 1.77 bits per heavy atom. The maximum absolute atomic E-state index is 12.7. The molecule has 31 heavy (non-hydrogen) atoms. The number of para-hydroxylation sites is 1. The van der Waals surface area contributed by atoms with E-state index in [1.807, 2.05) is 65.6 Å². The molecule has 1 aliphatic rings. The lowest BCUT2D eigenvalue weighted by Crippen LogP contribution is -2.40. The zero-order valence-electron chi connectivity index (χ0n) is 17.5. The second kappa shape index (κ2) is 9.94. The van der Waals surface area contributed by atoms with Gasteiger partial charge in [-0.15, -0.1) is 0 Å². The summed E-state index contributed by atoms with van der Waals surface area (Å²) in [5, 5.41) is 0. The van der Waals surface area contributed by atoms with E-state index in [9.17, 15) is 4.79 Å². The van der Waals surface area contributed by atoms with Crippen LogP contribution in [0.2, 0.25) is 0 Å². The second-order valence-corrected chi connectivity index (χ2v) is 7.74. The van der Waals surface area contributed by atoms with E-state index >= 15 is 0 Å². The molecule has 0 aliphatic carbocycles. The number of carbonyl (C=O) groups excluding carboxylic acids is 1. The van der Waals surface area contributed by atoms with Gasteiger partial charge in [0, 0.05) is 24.8 Å². The van der Waals surface area contributed by atoms with Gasteiger partial charge in [-0.2, -0.15) is 0 Å². The van der Waals surface area contributed by atoms with Crippen LogP contribution in [-0.4, -0.2) is 35.5 Å². The average Bonchev–Trinajstić information content (AvgIpc) is 2.83. The van der Waals surface area contributed by atoms with Crippen LogP contribution in [0.1, 0.15) is 18.4 Å². The van der Waals surface area contributed by atoms with E-state index in [-0.39, 0.29) is 12.5 Å². The molecule has 0 unspecified atom stereocenters. The van der Waals surface area contributed by atoms with Gasteiger partial charge >= 0.3 is 0 Å². The molecule has 1 saturated heterocycles. The number of ether oxygens (including phenoxy) is 1. The Bertz CT molecular complexity index is 1020. The van der Waals surface area contributed by atoms with Crippen LogP contribution in [0.4, 0.5) is 5.82 Å². The van der Waals surface area contributed by atoms with E-state index in [0.29, 0.717) is 11.7 Å². The van der Waals surface area contributed by atoms with Crippen LogP contribution in [0.3, 0.4) is 0 Å². The first-order valence-corrected chi connectivity index (χ1v) is 10.6. The molecule has 158 valence electrons. The third-order valence-electron chi connectivity index (χ3n) is 5.59. The Labute approximate surface area is 183 Å². The van der Waals surface area contributed by atoms with Gasteiger partial charge in [-0.05, 0) is 48.1 Å². The number of nitrogen functional groups attached to an aromatic ring is 1. The molecule has 0 radical (unpaired) electrons. The van der Waals surface area contributed by atoms with Gasteiger partial charge in [0.15, 0.2) is 6.61 Å². The molecule has 4 rings (SSSR count). The number of likely N-dealkylation sites (tertiary alicyclic amines) is 1. The fourth-order valence-corrected chi connectivity index (χ4v) is 3.78. The van der Waals surface area contributed by atoms with Crippen LogP contribution in [0.15, 0.2) is 79.0 Å². The third-order valence-corrected chi connectivity index (χ3v) is 5.59. The quantitative estimate of drug-likeness (QED) is 0.638. The number of anilines is 1. The van der Waals surface area contributed by atoms with Crippen molar-refractivity contribution < 1.29 is 9.53 Å². The lowest BCUT2D eigenvalue weighted by molar-refractivity contribution is -0.134. The lowest BCUT2D eigenvalue weighted by Gasteiger charge is -2.30. The third kappa shape index (κ3) is 5.51. The van der Waals surface area contributed by atoms with Crippen molar-refractivity contribution in [2.45, 2.75) is 12.8 Å². The van der Waals surface area contributed by atoms with Gasteiger partial charge in [0.1, 0.15) is 11.6 Å². The Kier molecular flexibility index (Phi) is 6.62. The van der Waals surface area contributed by atoms with Gasteiger partial charge in [-0.1, -0.05) is 60.7 Å². The van der Waals surface area contributed by atoms with Crippen molar-refractivity contribution in [1.82, 2.24) is 9.88 Å². The molecule has 5 nitrogen and oxygen atoms in total. The normalized spacial score (nSPS) is 14.6. The van der Waals surface area contributed by atoms with Crippen molar-refractivity contribution in [1.29, 1.82) is 0 Å². The van der Waals surface area contributed by atoms with Crippen molar-refractivity contribution in [3.05, 3.63) is 84.6 Å². The molecule has 5 heteroatoms. The molecule has 2 N–H and O–H groups in total. The van der Waals surface area contributed by atoms with Crippen molar-refractivity contribution in [3.63, 3.8) is 0 Å². The fourth-order valence-electron chi connectivity index (χ4n) is 3.78. The van der Waals surface area contributed by atoms with Crippen molar-refractivity contribution >= 4 is 17.8 Å². The zero-order chi connectivity index (χ0) is 21.5. The fraction of sp³-hybridized carbons (Fsp3) is 0.231. The van der Waals surface area contributed by atoms with Gasteiger partial charge < -0.3 is 15.4 Å². The monoisotopic (exact) mass is 413 g/mol. The van der Waals surface area contributed by atoms with Crippen LogP contribution < -0.4 is 10.5 Å². The maximum atomic E-state index is 12.7. The number of benzene rings is 2. The molecule has 0 spiro atoms. The summed E-state index contributed by atoms with van der Waals surface area (Å²) in [5.74, 6) is 1.75. The van der Waals surface area contributed by atoms with Gasteiger partial charge in [-0.25, -0.2) is 4.98 Å². The number of rotatable bonds is 6. The van der Waals surface area contributed by atoms with Crippen molar-refractivity contribution in [2.24, 2.45) is 5.92 Å². The van der Waals surface area contributed by atoms with E-state index in [4.69, 9.17) is 10.5 Å². The van der Waals surface area contributed by atoms with E-state index in [1.54, 1.807) is 12.3 Å². The number of allylic oxidation sites excluding steroid dienone is 1. The summed E-state index contributed by atoms with van der Waals surface area (Å²) in [6.45, 7) is 1.55. The van der Waals surface area contributed by atoms with E-state index < -0.39 is 0 Å². The molecule has 1 fully saturated rings. The largest absolute Gasteiger partial charge is 0.483 e. The minimum atomic E-state index is 0.0352. The standard InChI is InChI=1S/C26H27N3O2/c27-25-13-12-21(18-28-25)11-10-20-14-16-29(17-15-20)26(30)19-31-24-9-5-4-8-23(24)22-6-2-1-3-7-22/h1-13,18,20H,14-17,19H2,(H2,27,28)/b11-10+. The molecular formula is C26H27N3O2. The lowest BCUT2D eigenvalue weighted by atomic mass is 9.95. The number of carbonyl (C=O) groups is 1. The topological polar surface area (TPSA) is 68.5 Å². The Hall–Kier alpha value is -3.60. The zero-order valence-corrected chi connectivity index (χ0v) is 17.5. The summed E-state index contributed by atoms with van der Waals surface area (Å²) < 4.78 is 5.93. The van der Waals surface area contributed by atoms with Gasteiger partial charge in [-0.3, -0.25) is 4.79 Å². The Morgan fingerprint density at radius 1 is 1.03 bits per heavy atom. The van der Waals surface area contributed by atoms with Gasteiger partial charge in [0.2, 0.25) is 0 Å². The van der Waals surface area contributed by atoms with E-state index in [0.717, 1.165) is 48.4 Å². The summed E-state index contributed by atoms with van der Waals surface area (Å²) >= 11 is 0. The summed E-state index contributed by atoms with van der Waals surface area (Å²) in [6, 6.07) is 21.7. The first-order valence-electron chi connectivity index (χ1n) is 10.6. The van der Waals surface area contributed by atoms with Gasteiger partial charge in [0.25, 0.3) is 5.91 Å². The Balaban J connectivity index is 1.29. The summed E-state index contributed by atoms with van der Waals surface area (Å²) in [4.78, 5) is 18.7. The number of hydrogen-bond donors (Lipinski definition) is 1. The number of pyridine rings is 1. The highest BCUT2D eigenvalue weighted by molar-refractivity contribution is 5.78. The van der Waals surface area contributed by atoms with Crippen LogP contribution in [0.25, 0.3) is 17.2 Å². The predicted octanol–water partition coefficient (Wildman–Crippen LogP) is 4.66. The number of aromatic nitrogens is 1. The molecule has 2 aromatic carbocycles. The molecule has 3 aromatic rings. The molecule has 1 aromatic heterocycles. The smallest absolute Gasteiger partial charge is 0.260 e. The molecule has 0 atom stereocenters. The molecular weight excluding hydrogens is 386 g/mol. The number of nitrogens with zero attached hydrogens (tertiary/aromatic N) is 2. The molecule has 0 saturated carbocycles. The summed E-state index contributed by atoms with van der Waals surface area (Å²) in [5.41, 5.74) is 8.74. The average molecular weight is 414 g/mol. The first kappa shape index (κ1) is 20.7. The van der Waals surface area contributed by atoms with Gasteiger partial charge in [0.05, 0.1) is 0 Å². The van der Waals surface area contributed by atoms with E-state index in [2.05, 4.69) is 17.1 Å². The first-order chi connectivity index (χ1) is 15.2. The SMILES string of the molecule is Nc1ccc(/C=C/C2CCN(C(=O)COc3ccccc3-c3ccccc3)CC2)cn1. The summed E-state index contributed by atoms with van der Waals surface area (Å²) in [7, 11) is 0. The number of nitrogens with two attached hydrogens (primary N) is 1. The Morgan fingerprint density at radius 3 is 2.52 bits per heavy atom. The summed E-state index contributed by atoms with van der Waals surface area (Å²) in [6.07, 6.45) is 7.96.